The first-order chi connectivity index (χ1) is 13.1. The number of nitrogens with one attached hydrogen (secondary N) is 1. The van der Waals surface area contributed by atoms with Crippen molar-refractivity contribution in [3.8, 4) is 0 Å². The molecule has 1 amide bonds. The lowest BCUT2D eigenvalue weighted by Crippen LogP contribution is -2.33. The maximum absolute atomic E-state index is 11.8. The lowest BCUT2D eigenvalue weighted by atomic mass is 9.97. The van der Waals surface area contributed by atoms with E-state index in [1.807, 2.05) is 0 Å². The van der Waals surface area contributed by atoms with Crippen LogP contribution in [-0.2, 0) is 4.79 Å². The summed E-state index contributed by atoms with van der Waals surface area (Å²) >= 11 is 0. The van der Waals surface area contributed by atoms with E-state index in [4.69, 9.17) is 0 Å². The van der Waals surface area contributed by atoms with E-state index >= 15 is 0 Å². The smallest absolute Gasteiger partial charge is 0.220 e. The van der Waals surface area contributed by atoms with Crippen LogP contribution in [0, 0.1) is 11.8 Å². The van der Waals surface area contributed by atoms with E-state index in [0.717, 1.165) is 12.8 Å². The summed E-state index contributed by atoms with van der Waals surface area (Å²) in [6.45, 7) is 7.17. The van der Waals surface area contributed by atoms with E-state index in [9.17, 15) is 9.90 Å². The monoisotopic (exact) mass is 381 g/mol. The van der Waals surface area contributed by atoms with Crippen molar-refractivity contribution in [3.63, 3.8) is 0 Å². The molecule has 0 aromatic rings. The van der Waals surface area contributed by atoms with Crippen LogP contribution in [-0.4, -0.2) is 24.2 Å². The summed E-state index contributed by atoms with van der Waals surface area (Å²) < 4.78 is 0. The van der Waals surface area contributed by atoms with Crippen molar-refractivity contribution >= 4 is 5.91 Å². The standard InChI is InChI=1S/C24H47NO2/c1-4-5-6-7-8-9-10-11-12-13-14-15-16-17-18-19-24(27)25-20-23(21-26)22(2)3/h11-12,22-23,26H,4-10,13-21H2,1-3H3,(H,25,27). The van der Waals surface area contributed by atoms with Gasteiger partial charge in [-0.25, -0.2) is 0 Å². The highest BCUT2D eigenvalue weighted by molar-refractivity contribution is 5.75. The summed E-state index contributed by atoms with van der Waals surface area (Å²) in [6.07, 6.45) is 21.9. The summed E-state index contributed by atoms with van der Waals surface area (Å²) in [7, 11) is 0. The molecule has 3 heteroatoms. The topological polar surface area (TPSA) is 49.3 Å². The molecule has 0 heterocycles. The Hall–Kier alpha value is -0.830. The van der Waals surface area contributed by atoms with Crippen molar-refractivity contribution in [1.82, 2.24) is 5.32 Å². The van der Waals surface area contributed by atoms with Crippen LogP contribution in [0.3, 0.4) is 0 Å². The minimum atomic E-state index is 0.131. The number of rotatable bonds is 19. The molecule has 0 spiro atoms. The van der Waals surface area contributed by atoms with Gasteiger partial charge in [-0.05, 0) is 38.0 Å². The van der Waals surface area contributed by atoms with Gasteiger partial charge in [0.1, 0.15) is 0 Å². The van der Waals surface area contributed by atoms with Crippen molar-refractivity contribution < 1.29 is 9.90 Å². The number of aliphatic hydroxyl groups excluding tert-OH is 1. The zero-order chi connectivity index (χ0) is 20.2. The maximum atomic E-state index is 11.8. The SMILES string of the molecule is CCCCCCCCC=CCCCCCCCC(=O)NCC(CO)C(C)C. The number of allylic oxidation sites excluding steroid dienone is 2. The molecule has 2 N–H and O–H groups in total. The Morgan fingerprint density at radius 3 is 1.89 bits per heavy atom. The van der Waals surface area contributed by atoms with E-state index in [2.05, 4.69) is 38.2 Å². The van der Waals surface area contributed by atoms with Crippen LogP contribution in [0.4, 0.5) is 0 Å². The Morgan fingerprint density at radius 2 is 1.37 bits per heavy atom. The molecule has 0 aromatic heterocycles. The number of unbranched alkanes of at least 4 members (excludes halogenated alkanes) is 11. The Labute approximate surface area is 169 Å². The van der Waals surface area contributed by atoms with Gasteiger partial charge < -0.3 is 10.4 Å². The summed E-state index contributed by atoms with van der Waals surface area (Å²) in [6, 6.07) is 0. The van der Waals surface area contributed by atoms with Gasteiger partial charge in [-0.3, -0.25) is 4.79 Å². The summed E-state index contributed by atoms with van der Waals surface area (Å²) in [5.41, 5.74) is 0. The third-order valence-electron chi connectivity index (χ3n) is 5.40. The highest BCUT2D eigenvalue weighted by atomic mass is 16.3. The second-order valence-corrected chi connectivity index (χ2v) is 8.33. The average molecular weight is 382 g/mol. The number of hydrogen-bond donors (Lipinski definition) is 2. The van der Waals surface area contributed by atoms with Gasteiger partial charge in [-0.1, -0.05) is 84.3 Å². The van der Waals surface area contributed by atoms with Gasteiger partial charge in [0.15, 0.2) is 0 Å². The van der Waals surface area contributed by atoms with Gasteiger partial charge in [-0.15, -0.1) is 0 Å². The quantitative estimate of drug-likeness (QED) is 0.201. The summed E-state index contributed by atoms with van der Waals surface area (Å²) in [5, 5.41) is 12.2. The van der Waals surface area contributed by atoms with E-state index in [0.29, 0.717) is 18.9 Å². The van der Waals surface area contributed by atoms with Gasteiger partial charge in [0, 0.05) is 25.5 Å². The van der Waals surface area contributed by atoms with Crippen molar-refractivity contribution in [2.75, 3.05) is 13.2 Å². The molecule has 0 rings (SSSR count). The highest BCUT2D eigenvalue weighted by Gasteiger charge is 2.13. The Balaban J connectivity index is 3.34. The Kier molecular flexibility index (Phi) is 19.3. The lowest BCUT2D eigenvalue weighted by Gasteiger charge is -2.18. The molecule has 1 unspecified atom stereocenters. The molecule has 27 heavy (non-hydrogen) atoms. The first-order valence-electron chi connectivity index (χ1n) is 11.6. The molecule has 1 atom stereocenters. The van der Waals surface area contributed by atoms with E-state index in [1.165, 1.54) is 70.6 Å². The Bertz CT molecular complexity index is 352. The predicted octanol–water partition coefficient (Wildman–Crippen LogP) is 6.40. The molecule has 0 aliphatic carbocycles. The maximum Gasteiger partial charge on any atom is 0.220 e. The third-order valence-corrected chi connectivity index (χ3v) is 5.40. The lowest BCUT2D eigenvalue weighted by molar-refractivity contribution is -0.121. The number of aliphatic hydroxyl groups is 1. The molecule has 0 aliphatic rings. The van der Waals surface area contributed by atoms with Crippen molar-refractivity contribution in [2.45, 2.75) is 111 Å². The van der Waals surface area contributed by atoms with Gasteiger partial charge in [0.05, 0.1) is 0 Å². The fraction of sp³-hybridized carbons (Fsp3) is 0.875. The fourth-order valence-corrected chi connectivity index (χ4v) is 3.20. The predicted molar refractivity (Wildman–Crippen MR) is 118 cm³/mol. The minimum Gasteiger partial charge on any atom is -0.396 e. The van der Waals surface area contributed by atoms with Gasteiger partial charge in [0.2, 0.25) is 5.91 Å². The molecule has 0 saturated carbocycles. The second-order valence-electron chi connectivity index (χ2n) is 8.33. The molecular formula is C24H47NO2. The highest BCUT2D eigenvalue weighted by Crippen LogP contribution is 2.11. The zero-order valence-corrected chi connectivity index (χ0v) is 18.5. The van der Waals surface area contributed by atoms with Crippen molar-refractivity contribution in [1.29, 1.82) is 0 Å². The molecular weight excluding hydrogens is 334 g/mol. The van der Waals surface area contributed by atoms with E-state index in [-0.39, 0.29) is 18.4 Å². The number of carbonyl (C=O) groups excluding carboxylic acids is 1. The van der Waals surface area contributed by atoms with Crippen LogP contribution in [0.1, 0.15) is 111 Å². The zero-order valence-electron chi connectivity index (χ0n) is 18.5. The Morgan fingerprint density at radius 1 is 0.852 bits per heavy atom. The minimum absolute atomic E-state index is 0.131. The van der Waals surface area contributed by atoms with Crippen LogP contribution in [0.25, 0.3) is 0 Å². The molecule has 0 radical (unpaired) electrons. The first kappa shape index (κ1) is 26.2. The van der Waals surface area contributed by atoms with Crippen molar-refractivity contribution in [3.05, 3.63) is 12.2 Å². The molecule has 160 valence electrons. The van der Waals surface area contributed by atoms with Crippen LogP contribution in [0.5, 0.6) is 0 Å². The summed E-state index contributed by atoms with van der Waals surface area (Å²) in [4.78, 5) is 11.8. The molecule has 0 aliphatic heterocycles. The molecule has 0 aromatic carbocycles. The van der Waals surface area contributed by atoms with Crippen LogP contribution < -0.4 is 5.32 Å². The van der Waals surface area contributed by atoms with Crippen LogP contribution in [0.2, 0.25) is 0 Å². The van der Waals surface area contributed by atoms with Gasteiger partial charge >= 0.3 is 0 Å². The average Bonchev–Trinajstić information content (AvgIpc) is 2.65. The van der Waals surface area contributed by atoms with Gasteiger partial charge in [0.25, 0.3) is 0 Å². The fourth-order valence-electron chi connectivity index (χ4n) is 3.20. The van der Waals surface area contributed by atoms with Crippen LogP contribution in [0.15, 0.2) is 12.2 Å². The third kappa shape index (κ3) is 18.3. The van der Waals surface area contributed by atoms with Crippen molar-refractivity contribution in [2.24, 2.45) is 11.8 Å². The normalized spacial score (nSPS) is 12.8. The first-order valence-corrected chi connectivity index (χ1v) is 11.6. The molecule has 0 bridgehead atoms. The largest absolute Gasteiger partial charge is 0.396 e. The molecule has 0 saturated heterocycles. The summed E-state index contributed by atoms with van der Waals surface area (Å²) in [5.74, 6) is 0.699. The molecule has 0 fully saturated rings. The van der Waals surface area contributed by atoms with Crippen LogP contribution >= 0.6 is 0 Å². The van der Waals surface area contributed by atoms with Gasteiger partial charge in [-0.2, -0.15) is 0 Å². The number of amides is 1. The molecule has 3 nitrogen and oxygen atoms in total. The van der Waals surface area contributed by atoms with E-state index in [1.54, 1.807) is 0 Å². The second kappa shape index (κ2) is 19.9. The number of hydrogen-bond acceptors (Lipinski definition) is 2. The number of carbonyl (C=O) groups is 1. The van der Waals surface area contributed by atoms with E-state index < -0.39 is 0 Å².